The number of aromatic nitrogens is 4. The highest BCUT2D eigenvalue weighted by atomic mass is 19.4. The van der Waals surface area contributed by atoms with Crippen molar-refractivity contribution in [2.24, 2.45) is 0 Å². The molecule has 0 unspecified atom stereocenters. The van der Waals surface area contributed by atoms with Crippen molar-refractivity contribution in [1.82, 2.24) is 19.5 Å². The number of aliphatic hydroxyl groups is 1. The minimum Gasteiger partial charge on any atom is -0.445 e. The smallest absolute Gasteiger partial charge is 0.430 e. The van der Waals surface area contributed by atoms with Crippen molar-refractivity contribution in [2.45, 2.75) is 31.3 Å². The van der Waals surface area contributed by atoms with E-state index < -0.39 is 29.1 Å². The Kier molecular flexibility index (Phi) is 6.49. The standard InChI is InChI=1S/C27H18F6N4O3/c1-15-11-18(25(39,26(28,29)30)27(31,32)33)5-7-21(15)37-22(12-16-3-2-8-34-14-16)36-20-6-4-17(13-19(20)24(37)38)23-35-9-10-40-23/h2-11,13-14,39H,12H2,1H3. The Morgan fingerprint density at radius 3 is 2.33 bits per heavy atom. The molecule has 0 radical (unpaired) electrons. The van der Waals surface area contributed by atoms with Gasteiger partial charge in [0.15, 0.2) is 0 Å². The first-order valence-electron chi connectivity index (χ1n) is 11.6. The first kappa shape index (κ1) is 27.1. The van der Waals surface area contributed by atoms with Crippen LogP contribution in [0.25, 0.3) is 28.0 Å². The number of nitrogens with zero attached hydrogens (tertiary/aromatic N) is 4. The van der Waals surface area contributed by atoms with E-state index >= 15 is 0 Å². The van der Waals surface area contributed by atoms with E-state index in [4.69, 9.17) is 4.42 Å². The topological polar surface area (TPSA) is 94.0 Å². The third-order valence-corrected chi connectivity index (χ3v) is 6.38. The van der Waals surface area contributed by atoms with Crippen LogP contribution in [0.15, 0.2) is 82.6 Å². The van der Waals surface area contributed by atoms with Crippen molar-refractivity contribution in [3.8, 4) is 17.1 Å². The highest BCUT2D eigenvalue weighted by molar-refractivity contribution is 5.82. The summed E-state index contributed by atoms with van der Waals surface area (Å²) in [5.74, 6) is 0.388. The highest BCUT2D eigenvalue weighted by Gasteiger charge is 2.71. The molecule has 0 spiro atoms. The molecule has 3 heterocycles. The zero-order valence-electron chi connectivity index (χ0n) is 20.5. The summed E-state index contributed by atoms with van der Waals surface area (Å²) in [5.41, 5.74) is -5.93. The van der Waals surface area contributed by atoms with Crippen LogP contribution in [0, 0.1) is 6.92 Å². The van der Waals surface area contributed by atoms with Crippen LogP contribution < -0.4 is 5.56 Å². The quantitative estimate of drug-likeness (QED) is 0.280. The number of pyridine rings is 1. The predicted octanol–water partition coefficient (Wildman–Crippen LogP) is 5.65. The van der Waals surface area contributed by atoms with Gasteiger partial charge in [-0.2, -0.15) is 26.3 Å². The molecule has 0 bridgehead atoms. The van der Waals surface area contributed by atoms with Crippen LogP contribution in [-0.2, 0) is 12.0 Å². The van der Waals surface area contributed by atoms with Crippen LogP contribution in [0.2, 0.25) is 0 Å². The number of aryl methyl sites for hydroxylation is 1. The summed E-state index contributed by atoms with van der Waals surface area (Å²) in [6, 6.07) is 10.1. The number of oxazole rings is 1. The lowest BCUT2D eigenvalue weighted by Gasteiger charge is -2.33. The Morgan fingerprint density at radius 1 is 0.975 bits per heavy atom. The summed E-state index contributed by atoms with van der Waals surface area (Å²) in [7, 11) is 0. The molecule has 7 nitrogen and oxygen atoms in total. The third-order valence-electron chi connectivity index (χ3n) is 6.38. The van der Waals surface area contributed by atoms with Crippen LogP contribution in [0.3, 0.4) is 0 Å². The highest BCUT2D eigenvalue weighted by Crippen LogP contribution is 2.50. The summed E-state index contributed by atoms with van der Waals surface area (Å²) in [6.45, 7) is 1.24. The largest absolute Gasteiger partial charge is 0.445 e. The second kappa shape index (κ2) is 9.59. The minimum absolute atomic E-state index is 0.0183. The monoisotopic (exact) mass is 560 g/mol. The van der Waals surface area contributed by atoms with Crippen LogP contribution in [-0.4, -0.2) is 37.0 Å². The van der Waals surface area contributed by atoms with E-state index in [2.05, 4.69) is 15.0 Å². The van der Waals surface area contributed by atoms with E-state index in [9.17, 15) is 36.2 Å². The summed E-state index contributed by atoms with van der Waals surface area (Å²) < 4.78 is 87.3. The molecule has 40 heavy (non-hydrogen) atoms. The van der Waals surface area contributed by atoms with E-state index in [-0.39, 0.29) is 34.8 Å². The first-order chi connectivity index (χ1) is 18.8. The van der Waals surface area contributed by atoms with Crippen molar-refractivity contribution >= 4 is 10.9 Å². The molecular formula is C27H18F6N4O3. The zero-order valence-corrected chi connectivity index (χ0v) is 20.5. The fraction of sp³-hybridized carbons (Fsp3) is 0.185. The van der Waals surface area contributed by atoms with Gasteiger partial charge in [-0.15, -0.1) is 0 Å². The van der Waals surface area contributed by atoms with Crippen molar-refractivity contribution in [2.75, 3.05) is 0 Å². The molecule has 1 N–H and O–H groups in total. The number of hydrogen-bond donors (Lipinski definition) is 1. The number of rotatable bonds is 5. The molecule has 0 aliphatic heterocycles. The van der Waals surface area contributed by atoms with Crippen molar-refractivity contribution in [1.29, 1.82) is 0 Å². The second-order valence-electron chi connectivity index (χ2n) is 8.98. The van der Waals surface area contributed by atoms with Gasteiger partial charge in [-0.05, 0) is 48.4 Å². The van der Waals surface area contributed by atoms with Crippen molar-refractivity contribution < 1.29 is 35.9 Å². The molecule has 0 atom stereocenters. The molecule has 0 fully saturated rings. The molecule has 3 aromatic heterocycles. The number of benzene rings is 2. The summed E-state index contributed by atoms with van der Waals surface area (Å²) in [4.78, 5) is 26.5. The van der Waals surface area contributed by atoms with Crippen molar-refractivity contribution in [3.05, 3.63) is 106 Å². The molecule has 0 aliphatic rings. The molecule has 0 saturated carbocycles. The molecule has 0 aliphatic carbocycles. The maximum absolute atomic E-state index is 13.9. The predicted molar refractivity (Wildman–Crippen MR) is 131 cm³/mol. The molecular weight excluding hydrogens is 542 g/mol. The van der Waals surface area contributed by atoms with Gasteiger partial charge in [-0.1, -0.05) is 18.2 Å². The van der Waals surface area contributed by atoms with Gasteiger partial charge in [0.2, 0.25) is 5.89 Å². The number of alkyl halides is 6. The maximum atomic E-state index is 13.9. The summed E-state index contributed by atoms with van der Waals surface area (Å²) >= 11 is 0. The molecule has 0 amide bonds. The normalized spacial score (nSPS) is 12.7. The van der Waals surface area contributed by atoms with Gasteiger partial charge in [-0.25, -0.2) is 9.97 Å². The van der Waals surface area contributed by atoms with Gasteiger partial charge >= 0.3 is 12.4 Å². The number of fused-ring (bicyclic) bond motifs is 1. The summed E-state index contributed by atoms with van der Waals surface area (Å²) in [6.07, 6.45) is -6.20. The van der Waals surface area contributed by atoms with E-state index in [1.54, 1.807) is 30.5 Å². The van der Waals surface area contributed by atoms with Gasteiger partial charge in [-0.3, -0.25) is 14.3 Å². The molecule has 13 heteroatoms. The second-order valence-corrected chi connectivity index (χ2v) is 8.98. The zero-order chi connectivity index (χ0) is 28.9. The van der Waals surface area contributed by atoms with E-state index in [0.717, 1.165) is 10.6 Å². The van der Waals surface area contributed by atoms with Crippen molar-refractivity contribution in [3.63, 3.8) is 0 Å². The fourth-order valence-electron chi connectivity index (χ4n) is 4.40. The molecule has 5 rings (SSSR count). The first-order valence-corrected chi connectivity index (χ1v) is 11.6. The molecule has 206 valence electrons. The van der Waals surface area contributed by atoms with Crippen LogP contribution in [0.4, 0.5) is 26.3 Å². The van der Waals surface area contributed by atoms with Crippen LogP contribution >= 0.6 is 0 Å². The Hall–Kier alpha value is -4.52. The fourth-order valence-corrected chi connectivity index (χ4v) is 4.40. The molecule has 5 aromatic rings. The van der Waals surface area contributed by atoms with E-state index in [0.29, 0.717) is 28.8 Å². The van der Waals surface area contributed by atoms with E-state index in [1.165, 1.54) is 31.6 Å². The molecule has 0 saturated heterocycles. The lowest BCUT2D eigenvalue weighted by Crippen LogP contribution is -2.54. The Labute approximate surface area is 221 Å². The minimum atomic E-state index is -6.05. The van der Waals surface area contributed by atoms with Crippen LogP contribution in [0.1, 0.15) is 22.5 Å². The van der Waals surface area contributed by atoms with E-state index in [1.807, 2.05) is 0 Å². The summed E-state index contributed by atoms with van der Waals surface area (Å²) in [5, 5.41) is 9.96. The Morgan fingerprint density at radius 2 is 1.73 bits per heavy atom. The van der Waals surface area contributed by atoms with Crippen LogP contribution in [0.5, 0.6) is 0 Å². The van der Waals surface area contributed by atoms with Gasteiger partial charge < -0.3 is 9.52 Å². The average molecular weight is 560 g/mol. The lowest BCUT2D eigenvalue weighted by atomic mass is 9.90. The molecule has 2 aromatic carbocycles. The third kappa shape index (κ3) is 4.51. The average Bonchev–Trinajstić information content (AvgIpc) is 3.43. The maximum Gasteiger partial charge on any atom is 0.430 e. The van der Waals surface area contributed by atoms with Gasteiger partial charge in [0, 0.05) is 29.9 Å². The van der Waals surface area contributed by atoms with Gasteiger partial charge in [0.1, 0.15) is 12.1 Å². The SMILES string of the molecule is Cc1cc(C(O)(C(F)(F)F)C(F)(F)F)ccc1-n1c(Cc2cccnc2)nc2ccc(-c3ncco3)cc2c1=O. The van der Waals surface area contributed by atoms with Gasteiger partial charge in [0.25, 0.3) is 11.2 Å². The van der Waals surface area contributed by atoms with Gasteiger partial charge in [0.05, 0.1) is 22.8 Å². The Bertz CT molecular complexity index is 1730. The number of halogens is 6. The lowest BCUT2D eigenvalue weighted by molar-refractivity contribution is -0.376. The number of hydrogen-bond acceptors (Lipinski definition) is 6. The Balaban J connectivity index is 1.74.